The van der Waals surface area contributed by atoms with E-state index in [-0.39, 0.29) is 18.0 Å². The van der Waals surface area contributed by atoms with Gasteiger partial charge in [0.15, 0.2) is 0 Å². The molecule has 5 nitrogen and oxygen atoms in total. The van der Waals surface area contributed by atoms with Crippen LogP contribution in [0.1, 0.15) is 23.7 Å². The minimum absolute atomic E-state index is 0.0818. The summed E-state index contributed by atoms with van der Waals surface area (Å²) in [6, 6.07) is 4.57. The Labute approximate surface area is 117 Å². The highest BCUT2D eigenvalue weighted by Gasteiger charge is 2.15. The van der Waals surface area contributed by atoms with Gasteiger partial charge in [0.25, 0.3) is 0 Å². The molecule has 0 saturated carbocycles. The number of hydrogen-bond acceptors (Lipinski definition) is 3. The molecule has 19 heavy (non-hydrogen) atoms. The number of carbonyl (C=O) groups excluding carboxylic acids is 1. The maximum atomic E-state index is 11.6. The third-order valence-electron chi connectivity index (χ3n) is 2.55. The quantitative estimate of drug-likeness (QED) is 0.838. The minimum Gasteiger partial charge on any atom is -0.478 e. The van der Waals surface area contributed by atoms with Gasteiger partial charge in [-0.05, 0) is 24.6 Å². The molecule has 0 atom stereocenters. The van der Waals surface area contributed by atoms with Crippen LogP contribution in [0.25, 0.3) is 0 Å². The van der Waals surface area contributed by atoms with Crippen LogP contribution in [0.2, 0.25) is 5.02 Å². The lowest BCUT2D eigenvalue weighted by Crippen LogP contribution is -2.36. The monoisotopic (exact) mass is 284 g/mol. The van der Waals surface area contributed by atoms with Crippen LogP contribution in [-0.2, 0) is 4.79 Å². The zero-order chi connectivity index (χ0) is 14.4. The van der Waals surface area contributed by atoms with E-state index in [2.05, 4.69) is 5.32 Å². The van der Waals surface area contributed by atoms with Gasteiger partial charge in [-0.25, -0.2) is 4.79 Å². The summed E-state index contributed by atoms with van der Waals surface area (Å²) in [6.07, 6.45) is 0.858. The Morgan fingerprint density at radius 3 is 2.68 bits per heavy atom. The van der Waals surface area contributed by atoms with Crippen molar-refractivity contribution in [1.29, 1.82) is 0 Å². The van der Waals surface area contributed by atoms with E-state index in [0.717, 1.165) is 6.42 Å². The summed E-state index contributed by atoms with van der Waals surface area (Å²) in [6.45, 7) is 2.67. The molecule has 1 amide bonds. The number of nitrogens with one attached hydrogen (secondary N) is 1. The van der Waals surface area contributed by atoms with Gasteiger partial charge in [-0.15, -0.1) is 0 Å². The Bertz CT molecular complexity index is 477. The van der Waals surface area contributed by atoms with Crippen molar-refractivity contribution in [2.24, 2.45) is 0 Å². The second-order valence-corrected chi connectivity index (χ2v) is 4.61. The maximum Gasteiger partial charge on any atom is 0.337 e. The molecule has 104 valence electrons. The Balaban J connectivity index is 2.84. The van der Waals surface area contributed by atoms with Crippen molar-refractivity contribution >= 4 is 29.2 Å². The third-order valence-corrected chi connectivity index (χ3v) is 2.79. The number of amides is 1. The third kappa shape index (κ3) is 4.44. The van der Waals surface area contributed by atoms with Gasteiger partial charge in [0.1, 0.15) is 0 Å². The summed E-state index contributed by atoms with van der Waals surface area (Å²) in [5, 5.41) is 12.2. The Kier molecular flexibility index (Phi) is 5.63. The van der Waals surface area contributed by atoms with Gasteiger partial charge in [0, 0.05) is 18.6 Å². The van der Waals surface area contributed by atoms with Crippen molar-refractivity contribution in [3.8, 4) is 0 Å². The maximum absolute atomic E-state index is 11.6. The lowest BCUT2D eigenvalue weighted by Gasteiger charge is -2.20. The first-order chi connectivity index (χ1) is 8.95. The van der Waals surface area contributed by atoms with E-state index in [0.29, 0.717) is 17.3 Å². The van der Waals surface area contributed by atoms with Crippen molar-refractivity contribution in [3.63, 3.8) is 0 Å². The molecule has 0 aromatic heterocycles. The van der Waals surface area contributed by atoms with Gasteiger partial charge >= 0.3 is 5.97 Å². The summed E-state index contributed by atoms with van der Waals surface area (Å²) in [5.41, 5.74) is 0.543. The van der Waals surface area contributed by atoms with Crippen molar-refractivity contribution in [1.82, 2.24) is 5.32 Å². The number of benzene rings is 1. The van der Waals surface area contributed by atoms with E-state index >= 15 is 0 Å². The normalized spacial score (nSPS) is 10.1. The summed E-state index contributed by atoms with van der Waals surface area (Å²) in [5.74, 6) is -1.21. The standard InChI is InChI=1S/C13H17ClN2O3/c1-3-6-15-12(17)8-16(2)11-5-4-9(14)7-10(11)13(18)19/h4-5,7H,3,6,8H2,1-2H3,(H,15,17)(H,18,19). The second-order valence-electron chi connectivity index (χ2n) is 4.17. The molecule has 0 spiro atoms. The molecule has 0 aliphatic heterocycles. The number of likely N-dealkylation sites (N-methyl/N-ethyl adjacent to an activating group) is 1. The van der Waals surface area contributed by atoms with Crippen LogP contribution in [0.3, 0.4) is 0 Å². The molecule has 1 rings (SSSR count). The predicted molar refractivity (Wildman–Crippen MR) is 75.0 cm³/mol. The Morgan fingerprint density at radius 1 is 1.42 bits per heavy atom. The number of carbonyl (C=O) groups is 2. The first kappa shape index (κ1) is 15.3. The summed E-state index contributed by atoms with van der Waals surface area (Å²) in [7, 11) is 1.67. The number of carboxylic acids is 1. The average molecular weight is 285 g/mol. The number of anilines is 1. The van der Waals surface area contributed by atoms with E-state index in [1.165, 1.54) is 6.07 Å². The van der Waals surface area contributed by atoms with Crippen LogP contribution in [-0.4, -0.2) is 37.1 Å². The predicted octanol–water partition coefficient (Wildman–Crippen LogP) is 2.00. The fourth-order valence-corrected chi connectivity index (χ4v) is 1.81. The highest BCUT2D eigenvalue weighted by molar-refractivity contribution is 6.31. The van der Waals surface area contributed by atoms with Crippen molar-refractivity contribution in [2.45, 2.75) is 13.3 Å². The summed E-state index contributed by atoms with van der Waals surface area (Å²) < 4.78 is 0. The molecule has 0 saturated heterocycles. The first-order valence-electron chi connectivity index (χ1n) is 5.96. The average Bonchev–Trinajstić information content (AvgIpc) is 2.35. The molecule has 0 heterocycles. The van der Waals surface area contributed by atoms with Gasteiger partial charge in [-0.1, -0.05) is 18.5 Å². The zero-order valence-electron chi connectivity index (χ0n) is 10.9. The molecule has 0 aliphatic carbocycles. The minimum atomic E-state index is -1.07. The molecule has 2 N–H and O–H groups in total. The second kappa shape index (κ2) is 6.99. The van der Waals surface area contributed by atoms with Crippen molar-refractivity contribution in [3.05, 3.63) is 28.8 Å². The van der Waals surface area contributed by atoms with Crippen LogP contribution in [0.15, 0.2) is 18.2 Å². The van der Waals surface area contributed by atoms with E-state index in [9.17, 15) is 9.59 Å². The highest BCUT2D eigenvalue weighted by Crippen LogP contribution is 2.23. The topological polar surface area (TPSA) is 69.6 Å². The molecule has 0 fully saturated rings. The smallest absolute Gasteiger partial charge is 0.337 e. The van der Waals surface area contributed by atoms with Gasteiger partial charge < -0.3 is 15.3 Å². The number of halogens is 1. The van der Waals surface area contributed by atoms with Crippen LogP contribution < -0.4 is 10.2 Å². The fraction of sp³-hybridized carbons (Fsp3) is 0.385. The van der Waals surface area contributed by atoms with Gasteiger partial charge in [0.2, 0.25) is 5.91 Å². The summed E-state index contributed by atoms with van der Waals surface area (Å²) in [4.78, 5) is 24.3. The summed E-state index contributed by atoms with van der Waals surface area (Å²) >= 11 is 5.78. The molecular formula is C13H17ClN2O3. The molecule has 0 radical (unpaired) electrons. The van der Waals surface area contributed by atoms with E-state index < -0.39 is 5.97 Å². The van der Waals surface area contributed by atoms with Crippen molar-refractivity contribution in [2.75, 3.05) is 25.0 Å². The van der Waals surface area contributed by atoms with Gasteiger partial charge in [-0.2, -0.15) is 0 Å². The van der Waals surface area contributed by atoms with Crippen LogP contribution in [0.4, 0.5) is 5.69 Å². The van der Waals surface area contributed by atoms with E-state index in [1.807, 2.05) is 6.92 Å². The molecule has 0 unspecified atom stereocenters. The molecule has 1 aromatic carbocycles. The highest BCUT2D eigenvalue weighted by atomic mass is 35.5. The number of rotatable bonds is 6. The number of aromatic carboxylic acids is 1. The zero-order valence-corrected chi connectivity index (χ0v) is 11.7. The van der Waals surface area contributed by atoms with Crippen molar-refractivity contribution < 1.29 is 14.7 Å². The Hall–Kier alpha value is -1.75. The molecule has 6 heteroatoms. The van der Waals surface area contributed by atoms with E-state index in [4.69, 9.17) is 16.7 Å². The first-order valence-corrected chi connectivity index (χ1v) is 6.34. The van der Waals surface area contributed by atoms with Crippen LogP contribution >= 0.6 is 11.6 Å². The lowest BCUT2D eigenvalue weighted by atomic mass is 10.1. The largest absolute Gasteiger partial charge is 0.478 e. The van der Waals surface area contributed by atoms with Crippen LogP contribution in [0.5, 0.6) is 0 Å². The molecule has 0 aliphatic rings. The Morgan fingerprint density at radius 2 is 2.11 bits per heavy atom. The van der Waals surface area contributed by atoms with Gasteiger partial charge in [-0.3, -0.25) is 4.79 Å². The number of hydrogen-bond donors (Lipinski definition) is 2. The van der Waals surface area contributed by atoms with Gasteiger partial charge in [0.05, 0.1) is 17.8 Å². The molecular weight excluding hydrogens is 268 g/mol. The molecule has 0 bridgehead atoms. The lowest BCUT2D eigenvalue weighted by molar-refractivity contribution is -0.119. The number of nitrogens with zero attached hydrogens (tertiary/aromatic N) is 1. The fourth-order valence-electron chi connectivity index (χ4n) is 1.63. The molecule has 1 aromatic rings. The SMILES string of the molecule is CCCNC(=O)CN(C)c1ccc(Cl)cc1C(=O)O. The van der Waals surface area contributed by atoms with Crippen LogP contribution in [0, 0.1) is 0 Å². The number of carboxylic acid groups (broad SMARTS) is 1. The van der Waals surface area contributed by atoms with E-state index in [1.54, 1.807) is 24.1 Å².